The molecule has 0 spiro atoms. The van der Waals surface area contributed by atoms with E-state index < -0.39 is 6.04 Å². The Morgan fingerprint density at radius 1 is 1.11 bits per heavy atom. The fourth-order valence-corrected chi connectivity index (χ4v) is 2.50. The molecule has 2 rings (SSSR count). The quantitative estimate of drug-likeness (QED) is 0.654. The molecule has 2 amide bonds. The molecule has 1 atom stereocenters. The second kappa shape index (κ2) is 10.8. The molecular weight excluding hydrogens is 356 g/mol. The van der Waals surface area contributed by atoms with Gasteiger partial charge in [-0.3, -0.25) is 9.59 Å². The summed E-state index contributed by atoms with van der Waals surface area (Å²) in [6.07, 6.45) is 3.05. The van der Waals surface area contributed by atoms with E-state index in [0.717, 1.165) is 11.1 Å². The number of carbonyl (C=O) groups excluding carboxylic acids is 2. The molecule has 0 saturated heterocycles. The van der Waals surface area contributed by atoms with Gasteiger partial charge in [-0.05, 0) is 43.2 Å². The zero-order valence-electron chi connectivity index (χ0n) is 16.4. The highest BCUT2D eigenvalue weighted by atomic mass is 16.5. The zero-order chi connectivity index (χ0) is 20.4. The van der Waals surface area contributed by atoms with Crippen LogP contribution < -0.4 is 20.1 Å². The number of nitrogens with one attached hydrogen (secondary N) is 2. The average Bonchev–Trinajstić information content (AvgIpc) is 2.71. The van der Waals surface area contributed by atoms with Crippen LogP contribution in [0.15, 0.2) is 54.6 Å². The van der Waals surface area contributed by atoms with Crippen LogP contribution in [0.5, 0.6) is 11.5 Å². The van der Waals surface area contributed by atoms with E-state index >= 15 is 0 Å². The van der Waals surface area contributed by atoms with Crippen molar-refractivity contribution < 1.29 is 19.1 Å². The van der Waals surface area contributed by atoms with Crippen LogP contribution in [0, 0.1) is 0 Å². The first-order valence-corrected chi connectivity index (χ1v) is 9.14. The maximum absolute atomic E-state index is 12.1. The Morgan fingerprint density at radius 3 is 2.54 bits per heavy atom. The van der Waals surface area contributed by atoms with Crippen LogP contribution in [-0.4, -0.2) is 31.6 Å². The number of amides is 2. The maximum atomic E-state index is 12.1. The van der Waals surface area contributed by atoms with E-state index in [4.69, 9.17) is 9.47 Å². The molecule has 6 heteroatoms. The molecule has 2 aromatic carbocycles. The third kappa shape index (κ3) is 6.46. The number of carbonyl (C=O) groups is 2. The first kappa shape index (κ1) is 21.0. The molecule has 0 fully saturated rings. The van der Waals surface area contributed by atoms with Crippen LogP contribution in [0.4, 0.5) is 0 Å². The molecule has 0 radical (unpaired) electrons. The lowest BCUT2D eigenvalue weighted by Gasteiger charge is -2.13. The summed E-state index contributed by atoms with van der Waals surface area (Å²) in [4.78, 5) is 24.2. The average molecular weight is 382 g/mol. The summed E-state index contributed by atoms with van der Waals surface area (Å²) >= 11 is 0. The fraction of sp³-hybridized carbons (Fsp3) is 0.273. The number of rotatable bonds is 9. The molecule has 28 heavy (non-hydrogen) atoms. The van der Waals surface area contributed by atoms with E-state index in [9.17, 15) is 9.59 Å². The molecule has 0 aliphatic rings. The molecule has 0 heterocycles. The number of benzene rings is 2. The molecule has 148 valence electrons. The van der Waals surface area contributed by atoms with Gasteiger partial charge >= 0.3 is 0 Å². The Kier molecular flexibility index (Phi) is 8.09. The molecular formula is C22H26N2O4. The van der Waals surface area contributed by atoms with Gasteiger partial charge in [0.2, 0.25) is 11.8 Å². The van der Waals surface area contributed by atoms with Crippen molar-refractivity contribution in [1.82, 2.24) is 10.6 Å². The Bertz CT molecular complexity index is 819. The number of methoxy groups -OCH3 is 1. The smallest absolute Gasteiger partial charge is 0.244 e. The largest absolute Gasteiger partial charge is 0.493 e. The van der Waals surface area contributed by atoms with Crippen LogP contribution >= 0.6 is 0 Å². The van der Waals surface area contributed by atoms with Crippen molar-refractivity contribution in [2.45, 2.75) is 26.4 Å². The molecule has 0 saturated carbocycles. The minimum atomic E-state index is -0.643. The summed E-state index contributed by atoms with van der Waals surface area (Å²) in [5.41, 5.74) is 1.79. The molecule has 1 unspecified atom stereocenters. The van der Waals surface area contributed by atoms with E-state index in [1.54, 1.807) is 32.2 Å². The number of ether oxygens (including phenoxy) is 2. The zero-order valence-corrected chi connectivity index (χ0v) is 16.4. The van der Waals surface area contributed by atoms with Crippen LogP contribution in [0.1, 0.15) is 25.0 Å². The molecule has 0 aliphatic carbocycles. The van der Waals surface area contributed by atoms with Crippen molar-refractivity contribution in [3.63, 3.8) is 0 Å². The van der Waals surface area contributed by atoms with Crippen LogP contribution in [-0.2, 0) is 16.1 Å². The number of hydrogen-bond acceptors (Lipinski definition) is 4. The Morgan fingerprint density at radius 2 is 1.86 bits per heavy atom. The highest BCUT2D eigenvalue weighted by Gasteiger charge is 2.13. The van der Waals surface area contributed by atoms with Gasteiger partial charge < -0.3 is 20.1 Å². The van der Waals surface area contributed by atoms with Gasteiger partial charge in [0.1, 0.15) is 6.04 Å². The molecule has 2 N–H and O–H groups in total. The Balaban J connectivity index is 1.88. The lowest BCUT2D eigenvalue weighted by molar-refractivity contribution is -0.126. The lowest BCUT2D eigenvalue weighted by Crippen LogP contribution is -2.44. The van der Waals surface area contributed by atoms with E-state index in [-0.39, 0.29) is 11.8 Å². The summed E-state index contributed by atoms with van der Waals surface area (Å²) in [5, 5.41) is 5.46. The fourth-order valence-electron chi connectivity index (χ4n) is 2.50. The second-order valence-corrected chi connectivity index (χ2v) is 6.11. The van der Waals surface area contributed by atoms with Gasteiger partial charge in [0.15, 0.2) is 11.5 Å². The third-order valence-electron chi connectivity index (χ3n) is 3.98. The topological polar surface area (TPSA) is 76.7 Å². The monoisotopic (exact) mass is 382 g/mol. The second-order valence-electron chi connectivity index (χ2n) is 6.11. The van der Waals surface area contributed by atoms with E-state index in [1.807, 2.05) is 43.3 Å². The number of hydrogen-bond donors (Lipinski definition) is 2. The Hall–Kier alpha value is -3.28. The molecule has 0 aliphatic heterocycles. The molecule has 0 bridgehead atoms. The highest BCUT2D eigenvalue weighted by Crippen LogP contribution is 2.28. The summed E-state index contributed by atoms with van der Waals surface area (Å²) < 4.78 is 10.8. The minimum Gasteiger partial charge on any atom is -0.493 e. The maximum Gasteiger partial charge on any atom is 0.244 e. The summed E-state index contributed by atoms with van der Waals surface area (Å²) in [7, 11) is 1.57. The van der Waals surface area contributed by atoms with Gasteiger partial charge in [-0.1, -0.05) is 36.4 Å². The highest BCUT2D eigenvalue weighted by molar-refractivity contribution is 5.95. The van der Waals surface area contributed by atoms with Crippen molar-refractivity contribution >= 4 is 17.9 Å². The first-order chi connectivity index (χ1) is 13.5. The predicted octanol–water partition coefficient (Wildman–Crippen LogP) is 2.93. The van der Waals surface area contributed by atoms with Crippen LogP contribution in [0.2, 0.25) is 0 Å². The van der Waals surface area contributed by atoms with Crippen molar-refractivity contribution in [1.29, 1.82) is 0 Å². The SMILES string of the molecule is CCOc1cc(C=CC(=O)NC(C)C(=O)NCc2ccccc2)ccc1OC. The molecule has 2 aromatic rings. The predicted molar refractivity (Wildman–Crippen MR) is 109 cm³/mol. The summed E-state index contributed by atoms with van der Waals surface area (Å²) in [6, 6.07) is 14.3. The van der Waals surface area contributed by atoms with Gasteiger partial charge in [0.25, 0.3) is 0 Å². The van der Waals surface area contributed by atoms with Gasteiger partial charge in [-0.25, -0.2) is 0 Å². The summed E-state index contributed by atoms with van der Waals surface area (Å²) in [6.45, 7) is 4.47. The molecule has 0 aromatic heterocycles. The summed E-state index contributed by atoms with van der Waals surface area (Å²) in [5.74, 6) is 0.651. The van der Waals surface area contributed by atoms with E-state index in [1.165, 1.54) is 6.08 Å². The lowest BCUT2D eigenvalue weighted by atomic mass is 10.2. The standard InChI is InChI=1S/C22H26N2O4/c1-4-28-20-14-17(10-12-19(20)27-3)11-13-21(25)24-16(2)22(26)23-15-18-8-6-5-7-9-18/h5-14,16H,4,15H2,1-3H3,(H,23,26)(H,24,25). The van der Waals surface area contributed by atoms with Crippen LogP contribution in [0.25, 0.3) is 6.08 Å². The third-order valence-corrected chi connectivity index (χ3v) is 3.98. The van der Waals surface area contributed by atoms with Gasteiger partial charge in [0, 0.05) is 12.6 Å². The first-order valence-electron chi connectivity index (χ1n) is 9.14. The van der Waals surface area contributed by atoms with Gasteiger partial charge in [-0.15, -0.1) is 0 Å². The van der Waals surface area contributed by atoms with Crippen molar-refractivity contribution in [2.75, 3.05) is 13.7 Å². The van der Waals surface area contributed by atoms with Crippen molar-refractivity contribution in [3.8, 4) is 11.5 Å². The van der Waals surface area contributed by atoms with Gasteiger partial charge in [0.05, 0.1) is 13.7 Å². The minimum absolute atomic E-state index is 0.242. The van der Waals surface area contributed by atoms with Gasteiger partial charge in [-0.2, -0.15) is 0 Å². The van der Waals surface area contributed by atoms with E-state index in [0.29, 0.717) is 24.7 Å². The van der Waals surface area contributed by atoms with Crippen molar-refractivity contribution in [2.24, 2.45) is 0 Å². The van der Waals surface area contributed by atoms with Crippen LogP contribution in [0.3, 0.4) is 0 Å². The molecule has 6 nitrogen and oxygen atoms in total. The Labute approximate surface area is 165 Å². The van der Waals surface area contributed by atoms with Crippen molar-refractivity contribution in [3.05, 3.63) is 65.7 Å². The normalized spacial score (nSPS) is 11.7. The van der Waals surface area contributed by atoms with E-state index in [2.05, 4.69) is 10.6 Å².